The standard InChI is InChI=1S/C11H6F12O2/c1-3(2)4(24)25-8(16,17)5-6(12,13)9(18,19)11(22,23)10(20,21)7(5,14)15/h5H,1H2,2H3. The average Bonchev–Trinajstić information content (AvgIpc) is 2.34. The summed E-state index contributed by atoms with van der Waals surface area (Å²) in [7, 11) is 0. The van der Waals surface area contributed by atoms with E-state index < -0.39 is 53.2 Å². The van der Waals surface area contributed by atoms with Crippen LogP contribution in [0.1, 0.15) is 6.92 Å². The maximum Gasteiger partial charge on any atom is 0.415 e. The summed E-state index contributed by atoms with van der Waals surface area (Å²) in [6, 6.07) is 0. The molecule has 0 N–H and O–H groups in total. The van der Waals surface area contributed by atoms with Crippen molar-refractivity contribution in [2.75, 3.05) is 0 Å². The molecule has 1 saturated carbocycles. The largest absolute Gasteiger partial charge is 0.415 e. The number of esters is 1. The first kappa shape index (κ1) is 21.4. The number of hydrogen-bond acceptors (Lipinski definition) is 2. The molecule has 1 fully saturated rings. The Kier molecular flexibility index (Phi) is 4.44. The number of halogens is 12. The molecular formula is C11H6F12O2. The lowest BCUT2D eigenvalue weighted by molar-refractivity contribution is -0.493. The maximum atomic E-state index is 13.5. The van der Waals surface area contributed by atoms with Crippen LogP contribution < -0.4 is 0 Å². The number of ether oxygens (including phenoxy) is 1. The van der Waals surface area contributed by atoms with Crippen molar-refractivity contribution in [1.29, 1.82) is 0 Å². The molecule has 0 bridgehead atoms. The van der Waals surface area contributed by atoms with E-state index in [0.29, 0.717) is 6.92 Å². The number of carbonyl (C=O) groups is 1. The van der Waals surface area contributed by atoms with Crippen LogP contribution in [0.3, 0.4) is 0 Å². The van der Waals surface area contributed by atoms with E-state index >= 15 is 0 Å². The van der Waals surface area contributed by atoms with Crippen LogP contribution >= 0.6 is 0 Å². The Morgan fingerprint density at radius 3 is 1.44 bits per heavy atom. The van der Waals surface area contributed by atoms with Gasteiger partial charge in [-0.3, -0.25) is 0 Å². The number of carbonyl (C=O) groups excluding carboxylic acids is 1. The summed E-state index contributed by atoms with van der Waals surface area (Å²) in [5, 5.41) is 0. The maximum absolute atomic E-state index is 13.5. The molecule has 1 aliphatic rings. The zero-order chi connectivity index (χ0) is 20.4. The molecule has 0 atom stereocenters. The molecule has 25 heavy (non-hydrogen) atoms. The van der Waals surface area contributed by atoms with E-state index in [-0.39, 0.29) is 0 Å². The Morgan fingerprint density at radius 1 is 0.840 bits per heavy atom. The fraction of sp³-hybridized carbons (Fsp3) is 0.727. The normalized spacial score (nSPS) is 26.8. The van der Waals surface area contributed by atoms with Gasteiger partial charge in [-0.15, -0.1) is 0 Å². The fourth-order valence-corrected chi connectivity index (χ4v) is 1.90. The van der Waals surface area contributed by atoms with E-state index in [1.165, 1.54) is 0 Å². The highest BCUT2D eigenvalue weighted by Crippen LogP contribution is 2.69. The van der Waals surface area contributed by atoms with Crippen LogP contribution in [0.5, 0.6) is 0 Å². The van der Waals surface area contributed by atoms with Gasteiger partial charge in [0.05, 0.1) is 0 Å². The van der Waals surface area contributed by atoms with Crippen molar-refractivity contribution in [3.63, 3.8) is 0 Å². The number of hydrogen-bond donors (Lipinski definition) is 0. The minimum Gasteiger partial charge on any atom is -0.397 e. The molecule has 0 heterocycles. The van der Waals surface area contributed by atoms with Gasteiger partial charge in [0.2, 0.25) is 5.92 Å². The first-order chi connectivity index (χ1) is 10.7. The monoisotopic (exact) mass is 398 g/mol. The topological polar surface area (TPSA) is 26.3 Å². The molecule has 0 aromatic rings. The van der Waals surface area contributed by atoms with E-state index in [0.717, 1.165) is 0 Å². The van der Waals surface area contributed by atoms with Gasteiger partial charge < -0.3 is 4.74 Å². The Morgan fingerprint density at radius 2 is 1.16 bits per heavy atom. The van der Waals surface area contributed by atoms with Crippen molar-refractivity contribution in [2.24, 2.45) is 5.92 Å². The second kappa shape index (κ2) is 5.19. The Bertz CT molecular complexity index is 564. The SMILES string of the molecule is C=C(C)C(=O)OC(F)(F)C1C(F)(F)C(F)(F)C(F)(F)C(F)(F)C1(F)F. The summed E-state index contributed by atoms with van der Waals surface area (Å²) in [6.07, 6.45) is -6.38. The zero-order valence-corrected chi connectivity index (χ0v) is 11.6. The van der Waals surface area contributed by atoms with Crippen LogP contribution in [0, 0.1) is 5.92 Å². The van der Waals surface area contributed by atoms with Gasteiger partial charge in [0, 0.05) is 5.57 Å². The smallest absolute Gasteiger partial charge is 0.397 e. The highest BCUT2D eigenvalue weighted by Gasteiger charge is 2.98. The van der Waals surface area contributed by atoms with E-state index in [1.54, 1.807) is 0 Å². The third-order valence-electron chi connectivity index (χ3n) is 3.26. The number of alkyl halides is 12. The summed E-state index contributed by atoms with van der Waals surface area (Å²) < 4.78 is 161. The van der Waals surface area contributed by atoms with Gasteiger partial charge in [0.15, 0.2) is 0 Å². The van der Waals surface area contributed by atoms with Crippen LogP contribution in [0.15, 0.2) is 12.2 Å². The zero-order valence-electron chi connectivity index (χ0n) is 11.6. The predicted octanol–water partition coefficient (Wildman–Crippen LogP) is 4.50. The van der Waals surface area contributed by atoms with E-state index in [2.05, 4.69) is 11.3 Å². The molecule has 0 aromatic heterocycles. The molecule has 14 heteroatoms. The molecule has 146 valence electrons. The van der Waals surface area contributed by atoms with Crippen molar-refractivity contribution in [3.8, 4) is 0 Å². The van der Waals surface area contributed by atoms with Crippen LogP contribution in [0.4, 0.5) is 52.7 Å². The number of rotatable bonds is 3. The van der Waals surface area contributed by atoms with Crippen molar-refractivity contribution in [1.82, 2.24) is 0 Å². The molecular weight excluding hydrogens is 392 g/mol. The highest BCUT2D eigenvalue weighted by molar-refractivity contribution is 5.87. The lowest BCUT2D eigenvalue weighted by Gasteiger charge is -2.50. The van der Waals surface area contributed by atoms with Gasteiger partial charge in [0.25, 0.3) is 0 Å². The van der Waals surface area contributed by atoms with Gasteiger partial charge in [-0.1, -0.05) is 6.58 Å². The third kappa shape index (κ3) is 2.46. The molecule has 0 unspecified atom stereocenters. The summed E-state index contributed by atoms with van der Waals surface area (Å²) in [4.78, 5) is 10.9. The van der Waals surface area contributed by atoms with Gasteiger partial charge in [-0.05, 0) is 6.92 Å². The van der Waals surface area contributed by atoms with Crippen LogP contribution in [-0.2, 0) is 9.53 Å². The van der Waals surface area contributed by atoms with Crippen molar-refractivity contribution in [3.05, 3.63) is 12.2 Å². The van der Waals surface area contributed by atoms with Gasteiger partial charge in [-0.2, -0.15) is 52.7 Å². The Hall–Kier alpha value is -1.63. The predicted molar refractivity (Wildman–Crippen MR) is 54.1 cm³/mol. The van der Waals surface area contributed by atoms with Gasteiger partial charge in [-0.25, -0.2) is 4.79 Å². The molecule has 0 amide bonds. The second-order valence-corrected chi connectivity index (χ2v) is 5.13. The van der Waals surface area contributed by atoms with Crippen molar-refractivity contribution in [2.45, 2.75) is 42.6 Å². The van der Waals surface area contributed by atoms with Crippen LogP contribution in [0.25, 0.3) is 0 Å². The summed E-state index contributed by atoms with van der Waals surface area (Å²) in [5.41, 5.74) is -1.04. The summed E-state index contributed by atoms with van der Waals surface area (Å²) in [5.74, 6) is -44.4. The van der Waals surface area contributed by atoms with E-state index in [9.17, 15) is 57.5 Å². The van der Waals surface area contributed by atoms with E-state index in [4.69, 9.17) is 0 Å². The Labute approximate surface area is 130 Å². The minimum atomic E-state index is -7.39. The molecule has 1 rings (SSSR count). The second-order valence-electron chi connectivity index (χ2n) is 5.13. The van der Waals surface area contributed by atoms with Crippen LogP contribution in [0.2, 0.25) is 0 Å². The molecule has 0 aliphatic heterocycles. The lowest BCUT2D eigenvalue weighted by atomic mass is 9.74. The highest BCUT2D eigenvalue weighted by atomic mass is 19.4. The molecule has 0 radical (unpaired) electrons. The molecule has 2 nitrogen and oxygen atoms in total. The first-order valence-electron chi connectivity index (χ1n) is 5.85. The van der Waals surface area contributed by atoms with Crippen molar-refractivity contribution < 1.29 is 62.2 Å². The van der Waals surface area contributed by atoms with Gasteiger partial charge in [0.1, 0.15) is 0 Å². The molecule has 0 saturated heterocycles. The lowest BCUT2D eigenvalue weighted by Crippen LogP contribution is -2.80. The molecule has 0 spiro atoms. The fourth-order valence-electron chi connectivity index (χ4n) is 1.90. The van der Waals surface area contributed by atoms with Crippen LogP contribution in [-0.4, -0.2) is 41.7 Å². The average molecular weight is 398 g/mol. The minimum absolute atomic E-state index is 0.590. The first-order valence-corrected chi connectivity index (χ1v) is 5.85. The van der Waals surface area contributed by atoms with E-state index in [1.807, 2.05) is 0 Å². The summed E-state index contributed by atoms with van der Waals surface area (Å²) in [6.45, 7) is 3.23. The summed E-state index contributed by atoms with van der Waals surface area (Å²) >= 11 is 0. The molecule has 1 aliphatic carbocycles. The molecule has 0 aromatic carbocycles. The van der Waals surface area contributed by atoms with Crippen molar-refractivity contribution >= 4 is 5.97 Å². The third-order valence-corrected chi connectivity index (χ3v) is 3.26. The Balaban J connectivity index is 3.67. The quantitative estimate of drug-likeness (QED) is 0.398. The van der Waals surface area contributed by atoms with Gasteiger partial charge >= 0.3 is 41.7 Å².